The first-order chi connectivity index (χ1) is 11.2. The van der Waals surface area contributed by atoms with Crippen LogP contribution in [-0.4, -0.2) is 14.1 Å². The molecule has 114 valence electrons. The van der Waals surface area contributed by atoms with Crippen LogP contribution in [0.1, 0.15) is 11.1 Å². The van der Waals surface area contributed by atoms with E-state index < -0.39 is 0 Å². The molecule has 0 bridgehead atoms. The summed E-state index contributed by atoms with van der Waals surface area (Å²) >= 11 is 0. The third-order valence-electron chi connectivity index (χ3n) is 4.38. The summed E-state index contributed by atoms with van der Waals surface area (Å²) in [7, 11) is 4.10. The van der Waals surface area contributed by atoms with Crippen LogP contribution >= 0.6 is 0 Å². The van der Waals surface area contributed by atoms with Gasteiger partial charge in [0, 0.05) is 30.9 Å². The van der Waals surface area contributed by atoms with Crippen molar-refractivity contribution < 1.29 is 4.74 Å². The second kappa shape index (κ2) is 5.47. The summed E-state index contributed by atoms with van der Waals surface area (Å²) < 4.78 is 6.17. The molecular weight excluding hydrogens is 282 g/mol. The molecule has 0 fully saturated rings. The molecule has 2 nitrogen and oxygen atoms in total. The zero-order valence-electron chi connectivity index (χ0n) is 13.4. The molecule has 0 saturated heterocycles. The van der Waals surface area contributed by atoms with Gasteiger partial charge < -0.3 is 9.64 Å². The molecule has 0 amide bonds. The van der Waals surface area contributed by atoms with Crippen LogP contribution in [0, 0.1) is 0 Å². The molecule has 23 heavy (non-hydrogen) atoms. The largest absolute Gasteiger partial charge is 0.457 e. The molecule has 0 radical (unpaired) electrons. The van der Waals surface area contributed by atoms with Crippen molar-refractivity contribution in [2.24, 2.45) is 0 Å². The van der Waals surface area contributed by atoms with Crippen LogP contribution in [0.2, 0.25) is 0 Å². The van der Waals surface area contributed by atoms with Gasteiger partial charge in [-0.1, -0.05) is 30.3 Å². The van der Waals surface area contributed by atoms with Crippen molar-refractivity contribution in [1.29, 1.82) is 0 Å². The maximum Gasteiger partial charge on any atom is 0.131 e. The minimum atomic E-state index is 0.904. The lowest BCUT2D eigenvalue weighted by Crippen LogP contribution is -2.09. The monoisotopic (exact) mass is 301 g/mol. The highest BCUT2D eigenvalue weighted by molar-refractivity contribution is 5.89. The van der Waals surface area contributed by atoms with E-state index >= 15 is 0 Å². The van der Waals surface area contributed by atoms with Crippen LogP contribution in [0.25, 0.3) is 16.5 Å². The Morgan fingerprint density at radius 2 is 1.65 bits per heavy atom. The molecule has 4 rings (SSSR count). The lowest BCUT2D eigenvalue weighted by atomic mass is 9.98. The SMILES string of the molecule is CN(C)c1ccc(C2=CCc3c(ccc4ccccc34)O2)cc1. The Bertz CT molecular complexity index is 891. The summed E-state index contributed by atoms with van der Waals surface area (Å²) in [5.74, 6) is 1.91. The van der Waals surface area contributed by atoms with Crippen molar-refractivity contribution in [3.05, 3.63) is 77.9 Å². The third-order valence-corrected chi connectivity index (χ3v) is 4.38. The minimum Gasteiger partial charge on any atom is -0.457 e. The predicted molar refractivity (Wildman–Crippen MR) is 97.0 cm³/mol. The standard InChI is InChI=1S/C21H19NO/c1-22(2)17-10-7-16(8-11-17)20-14-12-19-18-6-4-3-5-15(18)9-13-21(19)23-20/h3-11,13-14H,12H2,1-2H3. The molecule has 3 aromatic rings. The van der Waals surface area contributed by atoms with Crippen molar-refractivity contribution in [2.75, 3.05) is 19.0 Å². The van der Waals surface area contributed by atoms with Crippen LogP contribution < -0.4 is 9.64 Å². The zero-order chi connectivity index (χ0) is 15.8. The average molecular weight is 301 g/mol. The second-order valence-electron chi connectivity index (χ2n) is 6.08. The van der Waals surface area contributed by atoms with Gasteiger partial charge in [0.25, 0.3) is 0 Å². The minimum absolute atomic E-state index is 0.904. The van der Waals surface area contributed by atoms with Crippen LogP contribution in [0.3, 0.4) is 0 Å². The van der Waals surface area contributed by atoms with Crippen LogP contribution in [-0.2, 0) is 6.42 Å². The molecule has 0 spiro atoms. The summed E-state index contributed by atoms with van der Waals surface area (Å²) in [6, 6.07) is 21.2. The van der Waals surface area contributed by atoms with Gasteiger partial charge in [-0.25, -0.2) is 0 Å². The van der Waals surface area contributed by atoms with Gasteiger partial charge in [0.1, 0.15) is 11.5 Å². The van der Waals surface area contributed by atoms with E-state index in [1.165, 1.54) is 22.0 Å². The van der Waals surface area contributed by atoms with Gasteiger partial charge in [-0.2, -0.15) is 0 Å². The zero-order valence-corrected chi connectivity index (χ0v) is 13.4. The number of nitrogens with zero attached hydrogens (tertiary/aromatic N) is 1. The number of fused-ring (bicyclic) bond motifs is 3. The van der Waals surface area contributed by atoms with Gasteiger partial charge >= 0.3 is 0 Å². The summed E-state index contributed by atoms with van der Waals surface area (Å²) in [6.07, 6.45) is 3.08. The molecule has 2 heteroatoms. The fraction of sp³-hybridized carbons (Fsp3) is 0.143. The number of allylic oxidation sites excluding steroid dienone is 1. The van der Waals surface area contributed by atoms with E-state index in [0.29, 0.717) is 0 Å². The van der Waals surface area contributed by atoms with Crippen molar-refractivity contribution in [2.45, 2.75) is 6.42 Å². The molecule has 0 aliphatic carbocycles. The Labute approximate surface area is 136 Å². The highest BCUT2D eigenvalue weighted by atomic mass is 16.5. The van der Waals surface area contributed by atoms with E-state index in [9.17, 15) is 0 Å². The van der Waals surface area contributed by atoms with Crippen molar-refractivity contribution in [3.8, 4) is 5.75 Å². The Hall–Kier alpha value is -2.74. The second-order valence-corrected chi connectivity index (χ2v) is 6.08. The van der Waals surface area contributed by atoms with Gasteiger partial charge in [-0.15, -0.1) is 0 Å². The van der Waals surface area contributed by atoms with E-state index in [2.05, 4.69) is 71.6 Å². The number of hydrogen-bond donors (Lipinski definition) is 0. The van der Waals surface area contributed by atoms with Crippen molar-refractivity contribution >= 4 is 22.2 Å². The van der Waals surface area contributed by atoms with Crippen LogP contribution in [0.5, 0.6) is 5.75 Å². The Kier molecular flexibility index (Phi) is 3.30. The van der Waals surface area contributed by atoms with Gasteiger partial charge in [0.15, 0.2) is 0 Å². The molecule has 0 unspecified atom stereocenters. The Morgan fingerprint density at radius 1 is 0.870 bits per heavy atom. The molecule has 1 aliphatic rings. The van der Waals surface area contributed by atoms with Gasteiger partial charge in [0.05, 0.1) is 0 Å². The number of rotatable bonds is 2. The normalized spacial score (nSPS) is 13.2. The fourth-order valence-electron chi connectivity index (χ4n) is 3.08. The Morgan fingerprint density at radius 3 is 2.43 bits per heavy atom. The summed E-state index contributed by atoms with van der Waals surface area (Å²) in [6.45, 7) is 0. The van der Waals surface area contributed by atoms with E-state index in [4.69, 9.17) is 4.74 Å². The Balaban J connectivity index is 1.69. The topological polar surface area (TPSA) is 12.5 Å². The third kappa shape index (κ3) is 2.46. The molecular formula is C21H19NO. The molecule has 3 aromatic carbocycles. The van der Waals surface area contributed by atoms with Crippen molar-refractivity contribution in [1.82, 2.24) is 0 Å². The number of anilines is 1. The van der Waals surface area contributed by atoms with Gasteiger partial charge in [-0.3, -0.25) is 0 Å². The molecule has 0 atom stereocenters. The van der Waals surface area contributed by atoms with E-state index in [1.54, 1.807) is 0 Å². The highest BCUT2D eigenvalue weighted by Crippen LogP contribution is 2.35. The molecule has 1 heterocycles. The van der Waals surface area contributed by atoms with E-state index in [0.717, 1.165) is 23.5 Å². The summed E-state index contributed by atoms with van der Waals surface area (Å²) in [4.78, 5) is 2.10. The van der Waals surface area contributed by atoms with E-state index in [-0.39, 0.29) is 0 Å². The first-order valence-electron chi connectivity index (χ1n) is 7.89. The first kappa shape index (κ1) is 13.9. The molecule has 0 aromatic heterocycles. The van der Waals surface area contributed by atoms with Gasteiger partial charge in [0.2, 0.25) is 0 Å². The number of ether oxygens (including phenoxy) is 1. The number of benzene rings is 3. The lowest BCUT2D eigenvalue weighted by Gasteiger charge is -2.20. The molecule has 0 saturated carbocycles. The molecule has 1 aliphatic heterocycles. The summed E-state index contributed by atoms with van der Waals surface area (Å²) in [5.41, 5.74) is 3.59. The molecule has 0 N–H and O–H groups in total. The lowest BCUT2D eigenvalue weighted by molar-refractivity contribution is 0.500. The predicted octanol–water partition coefficient (Wildman–Crippen LogP) is 4.88. The fourth-order valence-corrected chi connectivity index (χ4v) is 3.08. The maximum absolute atomic E-state index is 6.17. The number of hydrogen-bond acceptors (Lipinski definition) is 2. The van der Waals surface area contributed by atoms with E-state index in [1.807, 2.05) is 14.1 Å². The average Bonchev–Trinajstić information content (AvgIpc) is 2.61. The van der Waals surface area contributed by atoms with Crippen LogP contribution in [0.15, 0.2) is 66.7 Å². The first-order valence-corrected chi connectivity index (χ1v) is 7.89. The van der Waals surface area contributed by atoms with Gasteiger partial charge in [-0.05, 0) is 53.6 Å². The van der Waals surface area contributed by atoms with Crippen molar-refractivity contribution in [3.63, 3.8) is 0 Å². The van der Waals surface area contributed by atoms with Crippen LogP contribution in [0.4, 0.5) is 5.69 Å². The summed E-state index contributed by atoms with van der Waals surface area (Å²) in [5, 5.41) is 2.55. The quantitative estimate of drug-likeness (QED) is 0.669. The maximum atomic E-state index is 6.17. The highest BCUT2D eigenvalue weighted by Gasteiger charge is 2.16. The smallest absolute Gasteiger partial charge is 0.131 e.